The smallest absolute Gasteiger partial charge is 0.251 e. The van der Waals surface area contributed by atoms with Crippen molar-refractivity contribution in [2.45, 2.75) is 82.8 Å². The second kappa shape index (κ2) is 6.41. The van der Waals surface area contributed by atoms with Crippen molar-refractivity contribution < 1.29 is 9.59 Å². The Kier molecular flexibility index (Phi) is 4.27. The molecule has 0 bridgehead atoms. The van der Waals surface area contributed by atoms with E-state index in [0.29, 0.717) is 18.5 Å². The van der Waals surface area contributed by atoms with Gasteiger partial charge in [0.25, 0.3) is 5.91 Å². The van der Waals surface area contributed by atoms with Crippen molar-refractivity contribution in [3.8, 4) is 0 Å². The number of carbonyl (C=O) groups is 2. The van der Waals surface area contributed by atoms with Crippen LogP contribution in [0, 0.1) is 5.92 Å². The van der Waals surface area contributed by atoms with E-state index in [1.807, 2.05) is 0 Å². The summed E-state index contributed by atoms with van der Waals surface area (Å²) in [6, 6.07) is 0.511. The van der Waals surface area contributed by atoms with Crippen LogP contribution in [0.3, 0.4) is 0 Å². The zero-order chi connectivity index (χ0) is 16.7. The van der Waals surface area contributed by atoms with Gasteiger partial charge in [-0.2, -0.15) is 0 Å². The van der Waals surface area contributed by atoms with E-state index < -0.39 is 0 Å². The molecule has 2 saturated carbocycles. The van der Waals surface area contributed by atoms with Crippen LogP contribution in [0.4, 0.5) is 0 Å². The molecular formula is C19H29N3O2. The zero-order valence-electron chi connectivity index (χ0n) is 14.6. The summed E-state index contributed by atoms with van der Waals surface area (Å²) in [5.74, 6) is 0.606. The van der Waals surface area contributed by atoms with Crippen molar-refractivity contribution in [2.24, 2.45) is 5.92 Å². The molecule has 0 unspecified atom stereocenters. The molecule has 0 spiro atoms. The molecule has 24 heavy (non-hydrogen) atoms. The average Bonchev–Trinajstić information content (AvgIpc) is 2.87. The summed E-state index contributed by atoms with van der Waals surface area (Å²) in [7, 11) is 0. The van der Waals surface area contributed by atoms with E-state index in [1.165, 1.54) is 32.1 Å². The van der Waals surface area contributed by atoms with Crippen molar-refractivity contribution in [3.05, 3.63) is 11.3 Å². The lowest BCUT2D eigenvalue weighted by Crippen LogP contribution is -2.57. The number of carbonyl (C=O) groups excluding carboxylic acids is 2. The summed E-state index contributed by atoms with van der Waals surface area (Å²) < 4.78 is 0. The lowest BCUT2D eigenvalue weighted by atomic mass is 9.78. The van der Waals surface area contributed by atoms with Gasteiger partial charge in [0.1, 0.15) is 0 Å². The number of hydrogen-bond acceptors (Lipinski definition) is 3. The third-order valence-electron chi connectivity index (χ3n) is 6.50. The quantitative estimate of drug-likeness (QED) is 0.773. The SMILES string of the molecule is CC(=O)N1[C@@H]2CCCC[C@H]2NC2=C(C(=O)NC2)[C@H]1C1CCCCC1. The first kappa shape index (κ1) is 16.0. The first-order valence-corrected chi connectivity index (χ1v) is 9.73. The highest BCUT2D eigenvalue weighted by molar-refractivity contribution is 5.99. The Morgan fingerprint density at radius 1 is 1.04 bits per heavy atom. The van der Waals surface area contributed by atoms with Gasteiger partial charge in [-0.05, 0) is 31.6 Å². The molecule has 2 amide bonds. The number of amides is 2. The van der Waals surface area contributed by atoms with Crippen LogP contribution in [0.5, 0.6) is 0 Å². The Morgan fingerprint density at radius 2 is 1.75 bits per heavy atom. The lowest BCUT2D eigenvalue weighted by molar-refractivity contribution is -0.136. The summed E-state index contributed by atoms with van der Waals surface area (Å²) >= 11 is 0. The third-order valence-corrected chi connectivity index (χ3v) is 6.50. The lowest BCUT2D eigenvalue weighted by Gasteiger charge is -2.45. The maximum Gasteiger partial charge on any atom is 0.251 e. The normalized spacial score (nSPS) is 34.1. The molecule has 0 aromatic carbocycles. The van der Waals surface area contributed by atoms with Crippen molar-refractivity contribution >= 4 is 11.8 Å². The van der Waals surface area contributed by atoms with Gasteiger partial charge in [-0.3, -0.25) is 9.59 Å². The second-order valence-corrected chi connectivity index (χ2v) is 7.95. The van der Waals surface area contributed by atoms with Gasteiger partial charge in [-0.15, -0.1) is 0 Å². The number of nitrogens with one attached hydrogen (secondary N) is 2. The van der Waals surface area contributed by atoms with Gasteiger partial charge in [0.2, 0.25) is 5.91 Å². The summed E-state index contributed by atoms with van der Waals surface area (Å²) in [5.41, 5.74) is 1.93. The van der Waals surface area contributed by atoms with Gasteiger partial charge in [0, 0.05) is 18.7 Å². The number of rotatable bonds is 1. The second-order valence-electron chi connectivity index (χ2n) is 7.95. The molecule has 5 heteroatoms. The van der Waals surface area contributed by atoms with E-state index in [2.05, 4.69) is 15.5 Å². The maximum absolute atomic E-state index is 12.7. The summed E-state index contributed by atoms with van der Waals surface area (Å²) in [6.07, 6.45) is 10.5. The van der Waals surface area contributed by atoms with Crippen LogP contribution in [-0.4, -0.2) is 41.4 Å². The van der Waals surface area contributed by atoms with E-state index >= 15 is 0 Å². The van der Waals surface area contributed by atoms with Crippen molar-refractivity contribution in [3.63, 3.8) is 0 Å². The minimum absolute atomic E-state index is 0.0269. The molecule has 2 aliphatic heterocycles. The van der Waals surface area contributed by atoms with E-state index in [9.17, 15) is 9.59 Å². The average molecular weight is 331 g/mol. The van der Waals surface area contributed by atoms with Crippen LogP contribution in [0.25, 0.3) is 0 Å². The van der Waals surface area contributed by atoms with E-state index in [-0.39, 0.29) is 23.9 Å². The van der Waals surface area contributed by atoms with Crippen LogP contribution in [0.2, 0.25) is 0 Å². The molecule has 0 saturated heterocycles. The van der Waals surface area contributed by atoms with Crippen LogP contribution in [0.1, 0.15) is 64.7 Å². The van der Waals surface area contributed by atoms with E-state index in [4.69, 9.17) is 0 Å². The highest BCUT2D eigenvalue weighted by atomic mass is 16.2. The molecule has 3 atom stereocenters. The van der Waals surface area contributed by atoms with Crippen molar-refractivity contribution in [1.29, 1.82) is 0 Å². The Hall–Kier alpha value is -1.52. The first-order chi connectivity index (χ1) is 11.7. The van der Waals surface area contributed by atoms with Gasteiger partial charge in [0.15, 0.2) is 0 Å². The fourth-order valence-electron chi connectivity index (χ4n) is 5.46. The van der Waals surface area contributed by atoms with Gasteiger partial charge >= 0.3 is 0 Å². The van der Waals surface area contributed by atoms with Gasteiger partial charge in [-0.1, -0.05) is 32.1 Å². The topological polar surface area (TPSA) is 61.4 Å². The third kappa shape index (κ3) is 2.62. The molecular weight excluding hydrogens is 302 g/mol. The largest absolute Gasteiger partial charge is 0.382 e. The van der Waals surface area contributed by atoms with Crippen molar-refractivity contribution in [2.75, 3.05) is 6.54 Å². The van der Waals surface area contributed by atoms with E-state index in [1.54, 1.807) is 6.92 Å². The summed E-state index contributed by atoms with van der Waals surface area (Å²) in [5, 5.41) is 6.67. The Labute approximate surface area is 144 Å². The molecule has 4 rings (SSSR count). The minimum Gasteiger partial charge on any atom is -0.382 e. The molecule has 2 fully saturated rings. The van der Waals surface area contributed by atoms with Crippen LogP contribution in [-0.2, 0) is 9.59 Å². The van der Waals surface area contributed by atoms with Crippen LogP contribution in [0.15, 0.2) is 11.3 Å². The standard InChI is InChI=1S/C19H29N3O2/c1-12(23)22-16-10-6-5-9-14(16)21-15-11-20-19(24)17(15)18(22)13-7-3-2-4-8-13/h13-14,16,18,21H,2-11H2,1H3,(H,20,24)/t14-,16-,18-/m1/s1. The highest BCUT2D eigenvalue weighted by Gasteiger charge is 2.47. The molecule has 0 radical (unpaired) electrons. The molecule has 2 heterocycles. The number of fused-ring (bicyclic) bond motifs is 1. The monoisotopic (exact) mass is 331 g/mol. The van der Waals surface area contributed by atoms with Crippen molar-refractivity contribution in [1.82, 2.24) is 15.5 Å². The first-order valence-electron chi connectivity index (χ1n) is 9.73. The Morgan fingerprint density at radius 3 is 2.50 bits per heavy atom. The molecule has 4 aliphatic rings. The van der Waals surface area contributed by atoms with E-state index in [0.717, 1.165) is 37.0 Å². The van der Waals surface area contributed by atoms with Gasteiger partial charge in [-0.25, -0.2) is 0 Å². The Balaban J connectivity index is 1.78. The maximum atomic E-state index is 12.7. The fraction of sp³-hybridized carbons (Fsp3) is 0.789. The van der Waals surface area contributed by atoms with Gasteiger partial charge in [0.05, 0.1) is 24.2 Å². The number of nitrogens with zero attached hydrogens (tertiary/aromatic N) is 1. The van der Waals surface area contributed by atoms with Gasteiger partial charge < -0.3 is 15.5 Å². The summed E-state index contributed by atoms with van der Waals surface area (Å²) in [6.45, 7) is 2.30. The fourth-order valence-corrected chi connectivity index (χ4v) is 5.46. The molecule has 5 nitrogen and oxygen atoms in total. The number of hydrogen-bond donors (Lipinski definition) is 2. The Bertz CT molecular complexity index is 565. The summed E-state index contributed by atoms with van der Waals surface area (Å²) in [4.78, 5) is 27.5. The predicted molar refractivity (Wildman–Crippen MR) is 92.1 cm³/mol. The molecule has 2 aliphatic carbocycles. The predicted octanol–water partition coefficient (Wildman–Crippen LogP) is 2.08. The molecule has 0 aromatic heterocycles. The zero-order valence-corrected chi connectivity index (χ0v) is 14.6. The molecule has 132 valence electrons. The molecule has 0 aromatic rings. The highest BCUT2D eigenvalue weighted by Crippen LogP contribution is 2.39. The minimum atomic E-state index is -0.0269. The molecule has 2 N–H and O–H groups in total. The van der Waals surface area contributed by atoms with Crippen LogP contribution >= 0.6 is 0 Å². The van der Waals surface area contributed by atoms with Crippen LogP contribution < -0.4 is 10.6 Å².